The first-order chi connectivity index (χ1) is 16.4. The van der Waals surface area contributed by atoms with Gasteiger partial charge in [-0.3, -0.25) is 9.59 Å². The molecule has 1 aliphatic rings. The second-order valence-electron chi connectivity index (χ2n) is 7.52. The van der Waals surface area contributed by atoms with E-state index in [2.05, 4.69) is 5.32 Å². The van der Waals surface area contributed by atoms with Crippen molar-refractivity contribution >= 4 is 35.2 Å². The molecule has 0 fully saturated rings. The van der Waals surface area contributed by atoms with E-state index in [-0.39, 0.29) is 30.8 Å². The number of benzene rings is 3. The van der Waals surface area contributed by atoms with Gasteiger partial charge in [0.15, 0.2) is 6.61 Å². The van der Waals surface area contributed by atoms with Crippen LogP contribution in [0.1, 0.15) is 21.5 Å². The molecule has 7 nitrogen and oxygen atoms in total. The second kappa shape index (κ2) is 9.99. The van der Waals surface area contributed by atoms with Crippen LogP contribution in [-0.4, -0.2) is 31.5 Å². The summed E-state index contributed by atoms with van der Waals surface area (Å²) in [7, 11) is 1.31. The topological polar surface area (TPSA) is 84.9 Å². The van der Waals surface area contributed by atoms with Crippen molar-refractivity contribution in [3.63, 3.8) is 0 Å². The average Bonchev–Trinajstić information content (AvgIpc) is 2.85. The molecular weight excluding hydrogens is 439 g/mol. The van der Waals surface area contributed by atoms with Gasteiger partial charge in [-0.1, -0.05) is 24.3 Å². The molecule has 0 spiro atoms. The van der Waals surface area contributed by atoms with E-state index < -0.39 is 5.97 Å². The van der Waals surface area contributed by atoms with Crippen LogP contribution in [0, 0.1) is 5.82 Å². The van der Waals surface area contributed by atoms with Crippen LogP contribution < -0.4 is 15.0 Å². The number of nitrogens with one attached hydrogen (secondary N) is 1. The molecule has 0 atom stereocenters. The van der Waals surface area contributed by atoms with Gasteiger partial charge < -0.3 is 19.7 Å². The number of fused-ring (bicyclic) bond motifs is 1. The Balaban J connectivity index is 1.52. The molecule has 2 amide bonds. The van der Waals surface area contributed by atoms with Gasteiger partial charge >= 0.3 is 5.97 Å². The van der Waals surface area contributed by atoms with Crippen molar-refractivity contribution < 1.29 is 28.2 Å². The van der Waals surface area contributed by atoms with Crippen LogP contribution in [0.5, 0.6) is 5.75 Å². The number of hydrogen-bond donors (Lipinski definition) is 1. The lowest BCUT2D eigenvalue weighted by molar-refractivity contribution is -0.121. The second-order valence-corrected chi connectivity index (χ2v) is 7.52. The van der Waals surface area contributed by atoms with E-state index in [4.69, 9.17) is 9.47 Å². The molecule has 0 aromatic heterocycles. The predicted molar refractivity (Wildman–Crippen MR) is 125 cm³/mol. The third-order valence-electron chi connectivity index (χ3n) is 5.16. The number of anilines is 2. The molecule has 1 heterocycles. The first-order valence-corrected chi connectivity index (χ1v) is 10.4. The van der Waals surface area contributed by atoms with Crippen LogP contribution in [0.3, 0.4) is 0 Å². The molecule has 3 aromatic rings. The first-order valence-electron chi connectivity index (χ1n) is 10.4. The summed E-state index contributed by atoms with van der Waals surface area (Å²) in [6, 6.07) is 17.6. The lowest BCUT2D eigenvalue weighted by Gasteiger charge is -2.30. The number of carbonyl (C=O) groups is 3. The molecule has 0 saturated heterocycles. The third-order valence-corrected chi connectivity index (χ3v) is 5.16. The number of nitrogens with zero attached hydrogens (tertiary/aromatic N) is 1. The fraction of sp³-hybridized carbons (Fsp3) is 0.115. The van der Waals surface area contributed by atoms with E-state index in [9.17, 15) is 18.8 Å². The van der Waals surface area contributed by atoms with Crippen LogP contribution in [-0.2, 0) is 20.9 Å². The van der Waals surface area contributed by atoms with Crippen molar-refractivity contribution in [3.05, 3.63) is 95.3 Å². The van der Waals surface area contributed by atoms with Gasteiger partial charge in [0.1, 0.15) is 11.6 Å². The van der Waals surface area contributed by atoms with Gasteiger partial charge in [0, 0.05) is 11.8 Å². The number of hydrogen-bond acceptors (Lipinski definition) is 5. The number of ether oxygens (including phenoxy) is 2. The Labute approximate surface area is 195 Å². The van der Waals surface area contributed by atoms with E-state index in [0.717, 1.165) is 5.56 Å². The maximum Gasteiger partial charge on any atom is 0.337 e. The van der Waals surface area contributed by atoms with E-state index in [0.29, 0.717) is 28.3 Å². The van der Waals surface area contributed by atoms with Crippen LogP contribution in [0.4, 0.5) is 15.8 Å². The minimum absolute atomic E-state index is 0.115. The summed E-state index contributed by atoms with van der Waals surface area (Å²) in [5, 5.41) is 2.75. The minimum atomic E-state index is -0.464. The lowest BCUT2D eigenvalue weighted by Crippen LogP contribution is -2.38. The first kappa shape index (κ1) is 22.7. The Bertz CT molecular complexity index is 1270. The molecule has 4 rings (SSSR count). The summed E-state index contributed by atoms with van der Waals surface area (Å²) in [4.78, 5) is 38.4. The summed E-state index contributed by atoms with van der Waals surface area (Å²) in [6.45, 7) is 0.0949. The molecule has 8 heteroatoms. The molecule has 0 unspecified atom stereocenters. The standard InChI is InChI=1S/C26H21FN2O5/c1-33-26(32)19-4-2-3-18(13-19)15-29-22-14-21(10-11-23(22)34-16-25(29)31)28-24(30)12-7-17-5-8-20(27)9-6-17/h2-14H,15-16H2,1H3,(H,28,30)/b12-7+. The van der Waals surface area contributed by atoms with Gasteiger partial charge in [0.25, 0.3) is 5.91 Å². The van der Waals surface area contributed by atoms with Crippen molar-refractivity contribution in [2.24, 2.45) is 0 Å². The van der Waals surface area contributed by atoms with Crippen molar-refractivity contribution in [1.82, 2.24) is 0 Å². The maximum atomic E-state index is 13.0. The van der Waals surface area contributed by atoms with Crippen LogP contribution >= 0.6 is 0 Å². The number of rotatable bonds is 6. The lowest BCUT2D eigenvalue weighted by atomic mass is 10.1. The number of halogens is 1. The molecule has 3 aromatic carbocycles. The molecule has 1 N–H and O–H groups in total. The van der Waals surface area contributed by atoms with Gasteiger partial charge in [-0.25, -0.2) is 9.18 Å². The molecule has 0 radical (unpaired) electrons. The van der Waals surface area contributed by atoms with E-state index in [1.54, 1.807) is 65.6 Å². The van der Waals surface area contributed by atoms with Crippen molar-refractivity contribution in [2.75, 3.05) is 23.9 Å². The number of esters is 1. The van der Waals surface area contributed by atoms with Crippen molar-refractivity contribution in [2.45, 2.75) is 6.54 Å². The van der Waals surface area contributed by atoms with Crippen molar-refractivity contribution in [1.29, 1.82) is 0 Å². The Kier molecular flexibility index (Phi) is 6.68. The van der Waals surface area contributed by atoms with E-state index in [1.807, 2.05) is 0 Å². The molecule has 172 valence electrons. The van der Waals surface area contributed by atoms with Crippen molar-refractivity contribution in [3.8, 4) is 5.75 Å². The molecule has 0 saturated carbocycles. The Morgan fingerprint density at radius 1 is 1.12 bits per heavy atom. The zero-order valence-electron chi connectivity index (χ0n) is 18.3. The van der Waals surface area contributed by atoms with Gasteiger partial charge in [-0.15, -0.1) is 0 Å². The SMILES string of the molecule is COC(=O)c1cccc(CN2C(=O)COc3ccc(NC(=O)/C=C/c4ccc(F)cc4)cc32)c1. The number of amides is 2. The maximum absolute atomic E-state index is 13.0. The Morgan fingerprint density at radius 2 is 1.91 bits per heavy atom. The normalized spacial score (nSPS) is 12.8. The summed E-state index contributed by atoms with van der Waals surface area (Å²) in [6.07, 6.45) is 2.91. The van der Waals surface area contributed by atoms with Crippen LogP contribution in [0.15, 0.2) is 72.8 Å². The Morgan fingerprint density at radius 3 is 2.68 bits per heavy atom. The fourth-order valence-corrected chi connectivity index (χ4v) is 3.48. The summed E-state index contributed by atoms with van der Waals surface area (Å²) in [5.74, 6) is -0.952. The highest BCUT2D eigenvalue weighted by molar-refractivity contribution is 6.03. The highest BCUT2D eigenvalue weighted by Gasteiger charge is 2.26. The highest BCUT2D eigenvalue weighted by Crippen LogP contribution is 2.35. The van der Waals surface area contributed by atoms with E-state index in [1.165, 1.54) is 25.3 Å². The highest BCUT2D eigenvalue weighted by atomic mass is 19.1. The molecule has 0 aliphatic carbocycles. The summed E-state index contributed by atoms with van der Waals surface area (Å²) in [5.41, 5.74) is 2.77. The largest absolute Gasteiger partial charge is 0.482 e. The van der Waals surface area contributed by atoms with Gasteiger partial charge in [0.2, 0.25) is 5.91 Å². The van der Waals surface area contributed by atoms with Gasteiger partial charge in [0.05, 0.1) is 24.9 Å². The summed E-state index contributed by atoms with van der Waals surface area (Å²) >= 11 is 0. The monoisotopic (exact) mass is 460 g/mol. The van der Waals surface area contributed by atoms with Crippen LogP contribution in [0.25, 0.3) is 6.08 Å². The van der Waals surface area contributed by atoms with Crippen LogP contribution in [0.2, 0.25) is 0 Å². The molecule has 0 bridgehead atoms. The average molecular weight is 460 g/mol. The van der Waals surface area contributed by atoms with Gasteiger partial charge in [-0.05, 0) is 59.7 Å². The summed E-state index contributed by atoms with van der Waals surface area (Å²) < 4.78 is 23.3. The quantitative estimate of drug-likeness (QED) is 0.441. The third kappa shape index (κ3) is 5.29. The zero-order chi connectivity index (χ0) is 24.1. The Hall–Kier alpha value is -4.46. The molecular formula is C26H21FN2O5. The van der Waals surface area contributed by atoms with Gasteiger partial charge in [-0.2, -0.15) is 0 Å². The predicted octanol–water partition coefficient (Wildman–Crippen LogP) is 4.19. The molecule has 1 aliphatic heterocycles. The molecule has 34 heavy (non-hydrogen) atoms. The van der Waals surface area contributed by atoms with E-state index >= 15 is 0 Å². The number of methoxy groups -OCH3 is 1. The fourth-order valence-electron chi connectivity index (χ4n) is 3.48. The zero-order valence-corrected chi connectivity index (χ0v) is 18.3. The number of carbonyl (C=O) groups excluding carboxylic acids is 3. The smallest absolute Gasteiger partial charge is 0.337 e. The minimum Gasteiger partial charge on any atom is -0.482 e.